The zero-order valence-electron chi connectivity index (χ0n) is 13.2. The van der Waals surface area contributed by atoms with Gasteiger partial charge in [0.25, 0.3) is 0 Å². The second-order valence-corrected chi connectivity index (χ2v) is 5.54. The standard InChI is InChI=1S/C9H8N2.C9H10O4/c1-2-5-9(6-3-1)11-8-4-7-10-11;1-9(8(12)13)4-2-3-6(5-9)7(10)11/h1-8H;2-4H,5H2,1H3,(H,10,11)(H,12,13). The number of carboxylic acids is 2. The molecule has 1 unspecified atom stereocenters. The van der Waals surface area contributed by atoms with Crippen molar-refractivity contribution < 1.29 is 19.8 Å². The molecule has 1 aromatic carbocycles. The first kappa shape index (κ1) is 17.2. The van der Waals surface area contributed by atoms with Gasteiger partial charge in [-0.2, -0.15) is 5.10 Å². The van der Waals surface area contributed by atoms with E-state index in [-0.39, 0.29) is 12.0 Å². The van der Waals surface area contributed by atoms with Crippen molar-refractivity contribution in [3.63, 3.8) is 0 Å². The number of aromatic nitrogens is 2. The fourth-order valence-electron chi connectivity index (χ4n) is 2.19. The molecule has 0 amide bonds. The molecule has 6 nitrogen and oxygen atoms in total. The second-order valence-electron chi connectivity index (χ2n) is 5.54. The first-order chi connectivity index (χ1) is 11.4. The summed E-state index contributed by atoms with van der Waals surface area (Å²) >= 11 is 0. The summed E-state index contributed by atoms with van der Waals surface area (Å²) in [5.74, 6) is -2.06. The summed E-state index contributed by atoms with van der Waals surface area (Å²) in [6.45, 7) is 1.50. The summed E-state index contributed by atoms with van der Waals surface area (Å²) in [5.41, 5.74) is 0.146. The predicted octanol–water partition coefficient (Wildman–Crippen LogP) is 2.92. The van der Waals surface area contributed by atoms with E-state index in [4.69, 9.17) is 10.2 Å². The van der Waals surface area contributed by atoms with Crippen LogP contribution in [0.3, 0.4) is 0 Å². The zero-order valence-corrected chi connectivity index (χ0v) is 13.2. The molecule has 2 N–H and O–H groups in total. The van der Waals surface area contributed by atoms with Crippen LogP contribution in [0.2, 0.25) is 0 Å². The van der Waals surface area contributed by atoms with E-state index in [1.807, 2.05) is 47.3 Å². The first-order valence-electron chi connectivity index (χ1n) is 7.32. The van der Waals surface area contributed by atoms with Gasteiger partial charge in [-0.1, -0.05) is 36.4 Å². The van der Waals surface area contributed by atoms with Gasteiger partial charge in [-0.25, -0.2) is 9.48 Å². The SMILES string of the molecule is CC1(C(=O)O)C=CC=C(C(=O)O)C1.c1ccc(-n2cccn2)cc1. The number of hydrogen-bond donors (Lipinski definition) is 2. The molecule has 0 saturated carbocycles. The lowest BCUT2D eigenvalue weighted by Crippen LogP contribution is -2.28. The average Bonchev–Trinajstić information content (AvgIpc) is 3.11. The van der Waals surface area contributed by atoms with Crippen LogP contribution in [0.25, 0.3) is 5.69 Å². The molecule has 124 valence electrons. The van der Waals surface area contributed by atoms with Crippen LogP contribution >= 0.6 is 0 Å². The Morgan fingerprint density at radius 3 is 2.42 bits per heavy atom. The Morgan fingerprint density at radius 2 is 1.88 bits per heavy atom. The van der Waals surface area contributed by atoms with E-state index in [2.05, 4.69) is 5.10 Å². The monoisotopic (exact) mass is 326 g/mol. The van der Waals surface area contributed by atoms with Gasteiger partial charge in [0.05, 0.1) is 11.1 Å². The highest BCUT2D eigenvalue weighted by Gasteiger charge is 2.34. The fourth-order valence-corrected chi connectivity index (χ4v) is 2.19. The lowest BCUT2D eigenvalue weighted by Gasteiger charge is -2.23. The molecule has 0 bridgehead atoms. The molecule has 1 aliphatic carbocycles. The topological polar surface area (TPSA) is 92.4 Å². The number of allylic oxidation sites excluding steroid dienone is 2. The normalized spacial score (nSPS) is 19.0. The van der Waals surface area contributed by atoms with Crippen molar-refractivity contribution in [2.75, 3.05) is 0 Å². The van der Waals surface area contributed by atoms with Crippen molar-refractivity contribution in [2.45, 2.75) is 13.3 Å². The molecule has 0 spiro atoms. The number of para-hydroxylation sites is 1. The van der Waals surface area contributed by atoms with Gasteiger partial charge in [-0.3, -0.25) is 4.79 Å². The van der Waals surface area contributed by atoms with Gasteiger partial charge in [0, 0.05) is 18.0 Å². The summed E-state index contributed by atoms with van der Waals surface area (Å²) in [6, 6.07) is 11.9. The molecular formula is C18H18N2O4. The summed E-state index contributed by atoms with van der Waals surface area (Å²) < 4.78 is 1.83. The van der Waals surface area contributed by atoms with Gasteiger partial charge in [-0.15, -0.1) is 0 Å². The molecule has 0 saturated heterocycles. The summed E-state index contributed by atoms with van der Waals surface area (Å²) in [4.78, 5) is 21.3. The van der Waals surface area contributed by atoms with Crippen molar-refractivity contribution in [1.82, 2.24) is 9.78 Å². The number of nitrogens with zero attached hydrogens (tertiary/aromatic N) is 2. The minimum Gasteiger partial charge on any atom is -0.481 e. The van der Waals surface area contributed by atoms with Crippen LogP contribution in [0.4, 0.5) is 0 Å². The van der Waals surface area contributed by atoms with E-state index < -0.39 is 17.4 Å². The highest BCUT2D eigenvalue weighted by atomic mass is 16.4. The van der Waals surface area contributed by atoms with E-state index >= 15 is 0 Å². The Hall–Kier alpha value is -3.15. The minimum atomic E-state index is -1.08. The van der Waals surface area contributed by atoms with E-state index in [1.165, 1.54) is 25.2 Å². The molecule has 3 rings (SSSR count). The second kappa shape index (κ2) is 7.41. The van der Waals surface area contributed by atoms with Gasteiger partial charge < -0.3 is 10.2 Å². The number of hydrogen-bond acceptors (Lipinski definition) is 3. The Morgan fingerprint density at radius 1 is 1.17 bits per heavy atom. The number of aliphatic carboxylic acids is 2. The molecule has 1 atom stereocenters. The van der Waals surface area contributed by atoms with Crippen molar-refractivity contribution in [3.8, 4) is 5.69 Å². The molecule has 6 heteroatoms. The zero-order chi connectivity index (χ0) is 17.6. The number of carboxylic acid groups (broad SMARTS) is 2. The van der Waals surface area contributed by atoms with Gasteiger partial charge in [0.1, 0.15) is 0 Å². The molecule has 24 heavy (non-hydrogen) atoms. The Balaban J connectivity index is 0.000000175. The van der Waals surface area contributed by atoms with E-state index in [1.54, 1.807) is 6.20 Å². The molecule has 0 radical (unpaired) electrons. The van der Waals surface area contributed by atoms with Crippen molar-refractivity contribution in [1.29, 1.82) is 0 Å². The lowest BCUT2D eigenvalue weighted by atomic mass is 9.80. The van der Waals surface area contributed by atoms with Gasteiger partial charge >= 0.3 is 11.9 Å². The number of rotatable bonds is 3. The van der Waals surface area contributed by atoms with Crippen molar-refractivity contribution in [2.24, 2.45) is 5.41 Å². The van der Waals surface area contributed by atoms with Crippen LogP contribution in [0.15, 0.2) is 72.6 Å². The maximum atomic E-state index is 10.8. The molecule has 1 aliphatic rings. The van der Waals surface area contributed by atoms with E-state index in [0.29, 0.717) is 0 Å². The highest BCUT2D eigenvalue weighted by Crippen LogP contribution is 2.31. The largest absolute Gasteiger partial charge is 0.481 e. The fraction of sp³-hybridized carbons (Fsp3) is 0.167. The molecule has 0 aliphatic heterocycles. The number of benzene rings is 1. The van der Waals surface area contributed by atoms with Crippen molar-refractivity contribution >= 4 is 11.9 Å². The van der Waals surface area contributed by atoms with E-state index in [0.717, 1.165) is 5.69 Å². The quantitative estimate of drug-likeness (QED) is 0.904. The van der Waals surface area contributed by atoms with Gasteiger partial charge in [-0.05, 0) is 31.5 Å². The van der Waals surface area contributed by atoms with Gasteiger partial charge in [0.15, 0.2) is 0 Å². The average molecular weight is 326 g/mol. The smallest absolute Gasteiger partial charge is 0.331 e. The van der Waals surface area contributed by atoms with Crippen molar-refractivity contribution in [3.05, 3.63) is 72.6 Å². The maximum absolute atomic E-state index is 10.8. The molecule has 1 heterocycles. The highest BCUT2D eigenvalue weighted by molar-refractivity contribution is 5.90. The minimum absolute atomic E-state index is 0.0359. The lowest BCUT2D eigenvalue weighted by molar-refractivity contribution is -0.145. The third kappa shape index (κ3) is 4.19. The summed E-state index contributed by atoms with van der Waals surface area (Å²) in [7, 11) is 0. The first-order valence-corrected chi connectivity index (χ1v) is 7.32. The van der Waals surface area contributed by atoms with Crippen LogP contribution in [-0.2, 0) is 9.59 Å². The summed E-state index contributed by atoms with van der Waals surface area (Å²) in [5, 5.41) is 21.6. The van der Waals surface area contributed by atoms with E-state index in [9.17, 15) is 9.59 Å². The Labute approximate surface area is 139 Å². The summed E-state index contributed by atoms with van der Waals surface area (Å²) in [6.07, 6.45) is 8.13. The van der Waals surface area contributed by atoms with Crippen LogP contribution in [0.1, 0.15) is 13.3 Å². The van der Waals surface area contributed by atoms with Crippen LogP contribution in [0.5, 0.6) is 0 Å². The molecule has 2 aromatic rings. The Kier molecular flexibility index (Phi) is 5.31. The molecule has 0 fully saturated rings. The van der Waals surface area contributed by atoms with Crippen LogP contribution in [-0.4, -0.2) is 31.9 Å². The molecular weight excluding hydrogens is 308 g/mol. The third-order valence-corrected chi connectivity index (χ3v) is 3.61. The molecule has 1 aromatic heterocycles. The van der Waals surface area contributed by atoms with Crippen LogP contribution in [0, 0.1) is 5.41 Å². The Bertz CT molecular complexity index is 764. The van der Waals surface area contributed by atoms with Gasteiger partial charge in [0.2, 0.25) is 0 Å². The maximum Gasteiger partial charge on any atom is 0.331 e. The predicted molar refractivity (Wildman–Crippen MR) is 88.8 cm³/mol. The van der Waals surface area contributed by atoms with Crippen LogP contribution < -0.4 is 0 Å². The number of carbonyl (C=O) groups is 2. The third-order valence-electron chi connectivity index (χ3n) is 3.61.